The zero-order valence-corrected chi connectivity index (χ0v) is 21.3. The normalized spacial score (nSPS) is 16.6. The second kappa shape index (κ2) is 9.86. The number of ketones is 1. The summed E-state index contributed by atoms with van der Waals surface area (Å²) in [5.41, 5.74) is 3.19. The van der Waals surface area contributed by atoms with Gasteiger partial charge in [0.1, 0.15) is 5.76 Å². The Labute approximate surface area is 220 Å². The average Bonchev–Trinajstić information content (AvgIpc) is 3.18. The van der Waals surface area contributed by atoms with Crippen LogP contribution in [-0.2, 0) is 14.4 Å². The summed E-state index contributed by atoms with van der Waals surface area (Å²) >= 11 is 0. The summed E-state index contributed by atoms with van der Waals surface area (Å²) in [6.45, 7) is 1.41. The number of amides is 2. The third-order valence-corrected chi connectivity index (χ3v) is 6.68. The van der Waals surface area contributed by atoms with Crippen molar-refractivity contribution in [3.63, 3.8) is 0 Å². The van der Waals surface area contributed by atoms with Gasteiger partial charge in [-0.3, -0.25) is 19.3 Å². The Morgan fingerprint density at radius 3 is 2.18 bits per heavy atom. The van der Waals surface area contributed by atoms with E-state index >= 15 is 0 Å². The van der Waals surface area contributed by atoms with Crippen LogP contribution in [0.15, 0.2) is 96.6 Å². The first-order valence-corrected chi connectivity index (χ1v) is 12.2. The maximum Gasteiger partial charge on any atom is 0.300 e. The molecule has 1 heterocycles. The first-order chi connectivity index (χ1) is 18.3. The topological polar surface area (TPSA) is 90.0 Å². The summed E-state index contributed by atoms with van der Waals surface area (Å²) in [5.74, 6) is -1.93. The Balaban J connectivity index is 1.70. The summed E-state index contributed by atoms with van der Waals surface area (Å²) in [4.78, 5) is 41.8. The number of Topliss-reactive ketones (excluding diaryl/α,β-unsaturated/α-hetero) is 1. The van der Waals surface area contributed by atoms with Gasteiger partial charge in [-0.1, -0.05) is 54.6 Å². The molecule has 0 saturated carbocycles. The monoisotopic (exact) mass is 505 g/mol. The standard InChI is InChI=1S/C31H27N3O4/c1-19(35)32-22-13-17-24(18-14-22)34-28(21-11-15-23(16-12-21)33(2)3)27(30(37)31(34)38)29(36)26-10-6-8-20-7-4-5-9-25(20)26/h4-18,28,36H,1-3H3,(H,32,35)/b29-27-. The first kappa shape index (κ1) is 24.8. The number of carbonyl (C=O) groups excluding carboxylic acids is 3. The minimum Gasteiger partial charge on any atom is -0.507 e. The van der Waals surface area contributed by atoms with Gasteiger partial charge < -0.3 is 15.3 Å². The average molecular weight is 506 g/mol. The van der Waals surface area contributed by atoms with Crippen LogP contribution in [0.4, 0.5) is 17.1 Å². The minimum absolute atomic E-state index is 0.0230. The highest BCUT2D eigenvalue weighted by molar-refractivity contribution is 6.51. The van der Waals surface area contributed by atoms with Crippen molar-refractivity contribution in [3.05, 3.63) is 108 Å². The molecular formula is C31H27N3O4. The summed E-state index contributed by atoms with van der Waals surface area (Å²) in [7, 11) is 3.86. The quantitative estimate of drug-likeness (QED) is 0.213. The van der Waals surface area contributed by atoms with Gasteiger partial charge in [-0.2, -0.15) is 0 Å². The lowest BCUT2D eigenvalue weighted by Crippen LogP contribution is -2.29. The molecule has 1 fully saturated rings. The SMILES string of the molecule is CC(=O)Nc1ccc(N2C(=O)C(=O)/C(=C(\O)c3cccc4ccccc34)C2c2ccc(N(C)C)cc2)cc1. The number of nitrogens with zero attached hydrogens (tertiary/aromatic N) is 2. The summed E-state index contributed by atoms with van der Waals surface area (Å²) in [5, 5.41) is 16.0. The maximum absolute atomic E-state index is 13.5. The van der Waals surface area contributed by atoms with Crippen LogP contribution < -0.4 is 15.1 Å². The van der Waals surface area contributed by atoms with E-state index in [0.29, 0.717) is 22.5 Å². The van der Waals surface area contributed by atoms with E-state index in [1.54, 1.807) is 30.3 Å². The highest BCUT2D eigenvalue weighted by atomic mass is 16.3. The van der Waals surface area contributed by atoms with Crippen LogP contribution in [0.1, 0.15) is 24.1 Å². The molecule has 0 aliphatic carbocycles. The van der Waals surface area contributed by atoms with Crippen molar-refractivity contribution in [3.8, 4) is 0 Å². The van der Waals surface area contributed by atoms with Gasteiger partial charge in [-0.05, 0) is 52.7 Å². The van der Waals surface area contributed by atoms with Gasteiger partial charge in [0.2, 0.25) is 5.91 Å². The molecule has 0 bridgehead atoms. The predicted octanol–water partition coefficient (Wildman–Crippen LogP) is 5.49. The van der Waals surface area contributed by atoms with Crippen molar-refractivity contribution in [2.75, 3.05) is 29.2 Å². The largest absolute Gasteiger partial charge is 0.507 e. The lowest BCUT2D eigenvalue weighted by Gasteiger charge is -2.26. The Hall–Kier alpha value is -4.91. The number of rotatable bonds is 5. The second-order valence-corrected chi connectivity index (χ2v) is 9.41. The maximum atomic E-state index is 13.5. The van der Waals surface area contributed by atoms with Gasteiger partial charge in [-0.25, -0.2) is 0 Å². The van der Waals surface area contributed by atoms with E-state index in [0.717, 1.165) is 16.5 Å². The molecule has 7 nitrogen and oxygen atoms in total. The number of hydrogen-bond acceptors (Lipinski definition) is 5. The van der Waals surface area contributed by atoms with Gasteiger partial charge >= 0.3 is 0 Å². The second-order valence-electron chi connectivity index (χ2n) is 9.41. The number of aliphatic hydroxyl groups excluding tert-OH is 1. The van der Waals surface area contributed by atoms with E-state index in [1.807, 2.05) is 79.7 Å². The highest BCUT2D eigenvalue weighted by Gasteiger charge is 2.47. The molecule has 2 N–H and O–H groups in total. The van der Waals surface area contributed by atoms with Crippen LogP contribution in [0.25, 0.3) is 16.5 Å². The van der Waals surface area contributed by atoms with Crippen LogP contribution in [0.3, 0.4) is 0 Å². The summed E-state index contributed by atoms with van der Waals surface area (Å²) in [6, 6.07) is 26.5. The lowest BCUT2D eigenvalue weighted by molar-refractivity contribution is -0.132. The van der Waals surface area contributed by atoms with E-state index in [2.05, 4.69) is 5.32 Å². The number of benzene rings is 4. The molecule has 190 valence electrons. The fourth-order valence-corrected chi connectivity index (χ4v) is 4.85. The van der Waals surface area contributed by atoms with Crippen molar-refractivity contribution in [2.24, 2.45) is 0 Å². The Kier molecular flexibility index (Phi) is 6.43. The van der Waals surface area contributed by atoms with E-state index in [1.165, 1.54) is 11.8 Å². The number of aliphatic hydroxyl groups is 1. The van der Waals surface area contributed by atoms with E-state index < -0.39 is 17.7 Å². The van der Waals surface area contributed by atoms with E-state index in [9.17, 15) is 19.5 Å². The summed E-state index contributed by atoms with van der Waals surface area (Å²) < 4.78 is 0. The van der Waals surface area contributed by atoms with Crippen LogP contribution >= 0.6 is 0 Å². The fourth-order valence-electron chi connectivity index (χ4n) is 4.85. The van der Waals surface area contributed by atoms with Crippen molar-refractivity contribution in [1.82, 2.24) is 0 Å². The molecule has 1 saturated heterocycles. The number of fused-ring (bicyclic) bond motifs is 1. The fraction of sp³-hybridized carbons (Fsp3) is 0.129. The van der Waals surface area contributed by atoms with Crippen molar-refractivity contribution >= 4 is 51.2 Å². The molecule has 38 heavy (non-hydrogen) atoms. The van der Waals surface area contributed by atoms with Crippen molar-refractivity contribution in [2.45, 2.75) is 13.0 Å². The first-order valence-electron chi connectivity index (χ1n) is 12.2. The number of carbonyl (C=O) groups is 3. The molecular weight excluding hydrogens is 478 g/mol. The van der Waals surface area contributed by atoms with Gasteiger partial charge in [0, 0.05) is 43.6 Å². The minimum atomic E-state index is -0.850. The number of nitrogens with one attached hydrogen (secondary N) is 1. The number of anilines is 3. The lowest BCUT2D eigenvalue weighted by atomic mass is 9.93. The van der Waals surface area contributed by atoms with Gasteiger partial charge in [0.15, 0.2) is 0 Å². The molecule has 0 radical (unpaired) electrons. The number of hydrogen-bond donors (Lipinski definition) is 2. The molecule has 5 rings (SSSR count). The predicted molar refractivity (Wildman–Crippen MR) is 150 cm³/mol. The molecule has 0 aromatic heterocycles. The van der Waals surface area contributed by atoms with Crippen molar-refractivity contribution in [1.29, 1.82) is 0 Å². The summed E-state index contributed by atoms with van der Waals surface area (Å²) in [6.07, 6.45) is 0. The molecule has 2 amide bonds. The zero-order chi connectivity index (χ0) is 27.0. The highest BCUT2D eigenvalue weighted by Crippen LogP contribution is 2.43. The Morgan fingerprint density at radius 1 is 0.868 bits per heavy atom. The van der Waals surface area contributed by atoms with E-state index in [4.69, 9.17) is 0 Å². The van der Waals surface area contributed by atoms with Crippen LogP contribution in [-0.4, -0.2) is 36.8 Å². The smallest absolute Gasteiger partial charge is 0.300 e. The Morgan fingerprint density at radius 2 is 1.53 bits per heavy atom. The molecule has 0 spiro atoms. The zero-order valence-electron chi connectivity index (χ0n) is 21.3. The van der Waals surface area contributed by atoms with Crippen LogP contribution in [0.2, 0.25) is 0 Å². The molecule has 7 heteroatoms. The van der Waals surface area contributed by atoms with Gasteiger partial charge in [0.05, 0.1) is 11.6 Å². The molecule has 4 aromatic rings. The third-order valence-electron chi connectivity index (χ3n) is 6.68. The van der Waals surface area contributed by atoms with Crippen LogP contribution in [0, 0.1) is 0 Å². The molecule has 1 aliphatic heterocycles. The van der Waals surface area contributed by atoms with Crippen LogP contribution in [0.5, 0.6) is 0 Å². The molecule has 4 aromatic carbocycles. The van der Waals surface area contributed by atoms with Gasteiger partial charge in [0.25, 0.3) is 11.7 Å². The van der Waals surface area contributed by atoms with Gasteiger partial charge in [-0.15, -0.1) is 0 Å². The van der Waals surface area contributed by atoms with Crippen molar-refractivity contribution < 1.29 is 19.5 Å². The Bertz CT molecular complexity index is 1580. The molecule has 1 unspecified atom stereocenters. The third kappa shape index (κ3) is 4.39. The molecule has 1 aliphatic rings. The molecule has 1 atom stereocenters. The van der Waals surface area contributed by atoms with E-state index in [-0.39, 0.29) is 17.2 Å².